The zero-order valence-corrected chi connectivity index (χ0v) is 8.57. The van der Waals surface area contributed by atoms with Crippen molar-refractivity contribution >= 4 is 11.0 Å². The van der Waals surface area contributed by atoms with Crippen molar-refractivity contribution in [3.8, 4) is 11.5 Å². The van der Waals surface area contributed by atoms with Crippen LogP contribution in [0.3, 0.4) is 0 Å². The van der Waals surface area contributed by atoms with Crippen molar-refractivity contribution in [2.45, 2.75) is 13.8 Å². The topological polar surface area (TPSA) is 44.2 Å². The van der Waals surface area contributed by atoms with Crippen LogP contribution in [0.4, 0.5) is 0 Å². The molecule has 0 spiro atoms. The van der Waals surface area contributed by atoms with Gasteiger partial charge in [-0.1, -0.05) is 0 Å². The number of ether oxygens (including phenoxy) is 2. The molecule has 0 saturated heterocycles. The lowest BCUT2D eigenvalue weighted by Crippen LogP contribution is -1.95. The highest BCUT2D eigenvalue weighted by molar-refractivity contribution is 5.84. The highest BCUT2D eigenvalue weighted by Gasteiger charge is 2.18. The van der Waals surface area contributed by atoms with Crippen LogP contribution in [0.25, 0.3) is 11.0 Å². The van der Waals surface area contributed by atoms with Crippen LogP contribution in [-0.2, 0) is 0 Å². The van der Waals surface area contributed by atoms with Gasteiger partial charge < -0.3 is 9.47 Å². The Morgan fingerprint density at radius 2 is 1.87 bits per heavy atom. The van der Waals surface area contributed by atoms with Crippen LogP contribution in [0, 0.1) is 13.8 Å². The molecule has 1 aliphatic heterocycles. The Labute approximate surface area is 86.9 Å². The minimum Gasteiger partial charge on any atom is -0.454 e. The standard InChI is InChI=1S/C11H10N2O2/c1-6-7(2)13-10-8(12-6)3-4-9-11(10)15-5-14-9/h3-4H,5H2,1-2H3. The van der Waals surface area contributed by atoms with E-state index in [0.29, 0.717) is 5.75 Å². The Kier molecular flexibility index (Phi) is 1.59. The van der Waals surface area contributed by atoms with Gasteiger partial charge in [0, 0.05) is 0 Å². The number of aryl methyl sites for hydroxylation is 2. The van der Waals surface area contributed by atoms with Gasteiger partial charge >= 0.3 is 0 Å². The molecule has 15 heavy (non-hydrogen) atoms. The van der Waals surface area contributed by atoms with Gasteiger partial charge in [-0.2, -0.15) is 0 Å². The summed E-state index contributed by atoms with van der Waals surface area (Å²) in [7, 11) is 0. The van der Waals surface area contributed by atoms with Crippen molar-refractivity contribution in [2.24, 2.45) is 0 Å². The number of fused-ring (bicyclic) bond motifs is 3. The van der Waals surface area contributed by atoms with Crippen LogP contribution in [-0.4, -0.2) is 16.8 Å². The number of aromatic nitrogens is 2. The van der Waals surface area contributed by atoms with Gasteiger partial charge in [0.25, 0.3) is 0 Å². The molecule has 0 N–H and O–H groups in total. The van der Waals surface area contributed by atoms with Crippen LogP contribution in [0.1, 0.15) is 11.4 Å². The van der Waals surface area contributed by atoms with E-state index in [9.17, 15) is 0 Å². The van der Waals surface area contributed by atoms with Crippen molar-refractivity contribution < 1.29 is 9.47 Å². The lowest BCUT2D eigenvalue weighted by Gasteiger charge is -2.04. The maximum atomic E-state index is 5.38. The van der Waals surface area contributed by atoms with Gasteiger partial charge in [0.2, 0.25) is 6.79 Å². The van der Waals surface area contributed by atoms with Crippen LogP contribution >= 0.6 is 0 Å². The summed E-state index contributed by atoms with van der Waals surface area (Å²) in [5.41, 5.74) is 3.50. The van der Waals surface area contributed by atoms with Gasteiger partial charge in [-0.15, -0.1) is 0 Å². The molecule has 76 valence electrons. The van der Waals surface area contributed by atoms with Gasteiger partial charge in [0.05, 0.1) is 16.9 Å². The fourth-order valence-corrected chi connectivity index (χ4v) is 1.66. The third kappa shape index (κ3) is 1.14. The summed E-state index contributed by atoms with van der Waals surface area (Å²) in [4.78, 5) is 8.93. The normalized spacial score (nSPS) is 13.5. The van der Waals surface area contributed by atoms with Crippen LogP contribution in [0.2, 0.25) is 0 Å². The van der Waals surface area contributed by atoms with Gasteiger partial charge in [0.1, 0.15) is 5.52 Å². The summed E-state index contributed by atoms with van der Waals surface area (Å²) in [6.45, 7) is 4.16. The van der Waals surface area contributed by atoms with Crippen LogP contribution in [0.5, 0.6) is 11.5 Å². The van der Waals surface area contributed by atoms with E-state index < -0.39 is 0 Å². The van der Waals surface area contributed by atoms with E-state index >= 15 is 0 Å². The first kappa shape index (κ1) is 8.47. The van der Waals surface area contributed by atoms with Crippen LogP contribution in [0.15, 0.2) is 12.1 Å². The summed E-state index contributed by atoms with van der Waals surface area (Å²) in [6.07, 6.45) is 0. The molecule has 0 aliphatic carbocycles. The average Bonchev–Trinajstić information content (AvgIpc) is 2.68. The lowest BCUT2D eigenvalue weighted by molar-refractivity contribution is 0.174. The maximum Gasteiger partial charge on any atom is 0.231 e. The van der Waals surface area contributed by atoms with Gasteiger partial charge in [0.15, 0.2) is 11.5 Å². The molecule has 4 heteroatoms. The smallest absolute Gasteiger partial charge is 0.231 e. The highest BCUT2D eigenvalue weighted by atomic mass is 16.7. The molecule has 0 saturated carbocycles. The first-order valence-corrected chi connectivity index (χ1v) is 4.79. The lowest BCUT2D eigenvalue weighted by atomic mass is 10.2. The molecule has 4 nitrogen and oxygen atoms in total. The van der Waals surface area contributed by atoms with Crippen molar-refractivity contribution in [2.75, 3.05) is 6.79 Å². The van der Waals surface area contributed by atoms with E-state index in [1.807, 2.05) is 26.0 Å². The predicted molar refractivity (Wildman–Crippen MR) is 55.1 cm³/mol. The van der Waals surface area contributed by atoms with E-state index in [2.05, 4.69) is 9.97 Å². The van der Waals surface area contributed by atoms with Crippen molar-refractivity contribution in [3.63, 3.8) is 0 Å². The van der Waals surface area contributed by atoms with Crippen molar-refractivity contribution in [3.05, 3.63) is 23.5 Å². The number of nitrogens with zero attached hydrogens (tertiary/aromatic N) is 2. The van der Waals surface area contributed by atoms with Crippen molar-refractivity contribution in [1.82, 2.24) is 9.97 Å². The Bertz CT molecular complexity index is 552. The van der Waals surface area contributed by atoms with E-state index in [-0.39, 0.29) is 6.79 Å². The Balaban J connectivity index is 2.40. The summed E-state index contributed by atoms with van der Waals surface area (Å²) in [5.74, 6) is 1.46. The minimum atomic E-state index is 0.267. The molecular weight excluding hydrogens is 192 g/mol. The molecule has 0 bridgehead atoms. The molecule has 1 aliphatic rings. The maximum absolute atomic E-state index is 5.38. The fourth-order valence-electron chi connectivity index (χ4n) is 1.66. The third-order valence-electron chi connectivity index (χ3n) is 2.58. The van der Waals surface area contributed by atoms with E-state index in [0.717, 1.165) is 28.2 Å². The summed E-state index contributed by atoms with van der Waals surface area (Å²) >= 11 is 0. The summed E-state index contributed by atoms with van der Waals surface area (Å²) in [5, 5.41) is 0. The third-order valence-corrected chi connectivity index (χ3v) is 2.58. The molecule has 0 unspecified atom stereocenters. The van der Waals surface area contributed by atoms with E-state index in [1.54, 1.807) is 0 Å². The second-order valence-corrected chi connectivity index (χ2v) is 3.56. The van der Waals surface area contributed by atoms with Gasteiger partial charge in [-0.25, -0.2) is 9.97 Å². The van der Waals surface area contributed by atoms with E-state index in [4.69, 9.17) is 9.47 Å². The zero-order chi connectivity index (χ0) is 10.4. The zero-order valence-electron chi connectivity index (χ0n) is 8.57. The van der Waals surface area contributed by atoms with E-state index in [1.165, 1.54) is 0 Å². The number of hydrogen-bond donors (Lipinski definition) is 0. The number of hydrogen-bond acceptors (Lipinski definition) is 4. The molecule has 1 aromatic carbocycles. The molecule has 3 rings (SSSR count). The fraction of sp³-hybridized carbons (Fsp3) is 0.273. The quantitative estimate of drug-likeness (QED) is 0.655. The SMILES string of the molecule is Cc1nc2ccc3c(c2nc1C)OCO3. The molecule has 0 fully saturated rings. The molecule has 2 aromatic rings. The Hall–Kier alpha value is -1.84. The monoisotopic (exact) mass is 202 g/mol. The highest BCUT2D eigenvalue weighted by Crippen LogP contribution is 2.37. The summed E-state index contributed by atoms with van der Waals surface area (Å²) < 4.78 is 10.7. The number of benzene rings is 1. The minimum absolute atomic E-state index is 0.267. The molecule has 2 heterocycles. The second kappa shape index (κ2) is 2.82. The largest absolute Gasteiger partial charge is 0.454 e. The summed E-state index contributed by atoms with van der Waals surface area (Å²) in [6, 6.07) is 3.77. The molecule has 0 atom stereocenters. The van der Waals surface area contributed by atoms with Crippen molar-refractivity contribution in [1.29, 1.82) is 0 Å². The first-order valence-electron chi connectivity index (χ1n) is 4.79. The molecule has 0 amide bonds. The first-order chi connectivity index (χ1) is 7.25. The van der Waals surface area contributed by atoms with Gasteiger partial charge in [-0.05, 0) is 26.0 Å². The average molecular weight is 202 g/mol. The van der Waals surface area contributed by atoms with Gasteiger partial charge in [-0.3, -0.25) is 0 Å². The Morgan fingerprint density at radius 3 is 2.73 bits per heavy atom. The predicted octanol–water partition coefficient (Wildman–Crippen LogP) is 1.98. The molecular formula is C11H10N2O2. The number of rotatable bonds is 0. The molecule has 1 aromatic heterocycles. The second-order valence-electron chi connectivity index (χ2n) is 3.56. The van der Waals surface area contributed by atoms with Crippen LogP contribution < -0.4 is 9.47 Å². The molecule has 0 radical (unpaired) electrons. The Morgan fingerprint density at radius 1 is 1.07 bits per heavy atom.